The van der Waals surface area contributed by atoms with Crippen LogP contribution in [0.4, 0.5) is 20.2 Å². The van der Waals surface area contributed by atoms with Crippen LogP contribution < -0.4 is 10.6 Å². The van der Waals surface area contributed by atoms with E-state index in [4.69, 9.17) is 5.73 Å². The van der Waals surface area contributed by atoms with Crippen LogP contribution in [0.5, 0.6) is 0 Å². The van der Waals surface area contributed by atoms with Crippen LogP contribution in [0.3, 0.4) is 0 Å². The van der Waals surface area contributed by atoms with Crippen molar-refractivity contribution >= 4 is 11.4 Å². The molecule has 0 saturated carbocycles. The number of nitrogens with two attached hydrogens (primary N) is 1. The van der Waals surface area contributed by atoms with Crippen LogP contribution in [0.25, 0.3) is 0 Å². The lowest BCUT2D eigenvalue weighted by Gasteiger charge is -2.36. The maximum atomic E-state index is 13.8. The molecule has 1 fully saturated rings. The van der Waals surface area contributed by atoms with E-state index in [2.05, 4.69) is 13.8 Å². The molecule has 94 valence electrons. The predicted octanol–water partition coefficient (Wildman–Crippen LogP) is 3.03. The molecule has 0 aromatic heterocycles. The highest BCUT2D eigenvalue weighted by atomic mass is 19.1. The molecule has 0 bridgehead atoms. The monoisotopic (exact) mass is 240 g/mol. The summed E-state index contributed by atoms with van der Waals surface area (Å²) in [6.07, 6.45) is 1.11. The average Bonchev–Trinajstić information content (AvgIpc) is 2.13. The third kappa shape index (κ3) is 2.51. The van der Waals surface area contributed by atoms with Crippen molar-refractivity contribution in [1.29, 1.82) is 0 Å². The zero-order valence-electron chi connectivity index (χ0n) is 10.2. The van der Waals surface area contributed by atoms with Gasteiger partial charge in [0.15, 0.2) is 11.6 Å². The molecule has 1 heterocycles. The van der Waals surface area contributed by atoms with E-state index in [9.17, 15) is 8.78 Å². The summed E-state index contributed by atoms with van der Waals surface area (Å²) in [5.41, 5.74) is 5.61. The quantitative estimate of drug-likeness (QED) is 0.764. The van der Waals surface area contributed by atoms with E-state index in [1.165, 1.54) is 12.1 Å². The van der Waals surface area contributed by atoms with Crippen molar-refractivity contribution in [1.82, 2.24) is 0 Å². The Morgan fingerprint density at radius 3 is 2.06 bits per heavy atom. The van der Waals surface area contributed by atoms with Gasteiger partial charge in [-0.1, -0.05) is 13.8 Å². The minimum atomic E-state index is -0.566. The van der Waals surface area contributed by atoms with Gasteiger partial charge in [0.05, 0.1) is 0 Å². The van der Waals surface area contributed by atoms with Crippen LogP contribution in [-0.2, 0) is 0 Å². The van der Waals surface area contributed by atoms with Gasteiger partial charge < -0.3 is 10.6 Å². The number of rotatable bonds is 1. The molecule has 0 amide bonds. The van der Waals surface area contributed by atoms with Crippen LogP contribution in [-0.4, -0.2) is 13.1 Å². The first-order chi connectivity index (χ1) is 7.97. The van der Waals surface area contributed by atoms with Crippen molar-refractivity contribution < 1.29 is 8.78 Å². The molecular weight excluding hydrogens is 222 g/mol. The number of halogens is 2. The third-order valence-electron chi connectivity index (χ3n) is 3.22. The number of hydrogen-bond acceptors (Lipinski definition) is 2. The molecule has 1 aliphatic heterocycles. The Bertz CT molecular complexity index is 387. The second-order valence-electron chi connectivity index (χ2n) is 5.18. The van der Waals surface area contributed by atoms with Crippen molar-refractivity contribution in [3.8, 4) is 0 Å². The second kappa shape index (κ2) is 4.51. The molecule has 17 heavy (non-hydrogen) atoms. The fourth-order valence-electron chi connectivity index (χ4n) is 2.73. The Labute approximate surface area is 100 Å². The number of nitrogen functional groups attached to an aromatic ring is 1. The molecular formula is C13H18F2N2. The lowest BCUT2D eigenvalue weighted by Crippen LogP contribution is -2.39. The molecule has 1 saturated heterocycles. The van der Waals surface area contributed by atoms with E-state index >= 15 is 0 Å². The van der Waals surface area contributed by atoms with Gasteiger partial charge in [-0.25, -0.2) is 8.78 Å². The summed E-state index contributed by atoms with van der Waals surface area (Å²) in [5.74, 6) is -0.224. The maximum Gasteiger partial charge on any atom is 0.151 e. The summed E-state index contributed by atoms with van der Waals surface area (Å²) in [6, 6.07) is 2.37. The standard InChI is InChI=1S/C13H18F2N2/c1-8-3-9(2)7-17(6-8)13-11(14)4-10(16)5-12(13)15/h4-5,8-9H,3,6-7,16H2,1-2H3. The van der Waals surface area contributed by atoms with Crippen LogP contribution in [0, 0.1) is 23.5 Å². The Morgan fingerprint density at radius 1 is 1.12 bits per heavy atom. The van der Waals surface area contributed by atoms with Crippen LogP contribution >= 0.6 is 0 Å². The van der Waals surface area contributed by atoms with Gasteiger partial charge in [-0.3, -0.25) is 0 Å². The van der Waals surface area contributed by atoms with Gasteiger partial charge in [0, 0.05) is 18.8 Å². The highest BCUT2D eigenvalue weighted by molar-refractivity contribution is 5.56. The SMILES string of the molecule is CC1CC(C)CN(c2c(F)cc(N)cc2F)C1. The first-order valence-corrected chi connectivity index (χ1v) is 5.97. The summed E-state index contributed by atoms with van der Waals surface area (Å²) < 4.78 is 27.6. The highest BCUT2D eigenvalue weighted by Gasteiger charge is 2.26. The third-order valence-corrected chi connectivity index (χ3v) is 3.22. The molecule has 0 aliphatic carbocycles. The van der Waals surface area contributed by atoms with Gasteiger partial charge >= 0.3 is 0 Å². The van der Waals surface area contributed by atoms with Gasteiger partial charge in [0.1, 0.15) is 5.69 Å². The molecule has 4 heteroatoms. The molecule has 2 rings (SSSR count). The van der Waals surface area contributed by atoms with Gasteiger partial charge in [-0.2, -0.15) is 0 Å². The molecule has 1 aromatic rings. The molecule has 1 aliphatic rings. The number of anilines is 2. The average molecular weight is 240 g/mol. The molecule has 2 unspecified atom stereocenters. The number of hydrogen-bond donors (Lipinski definition) is 1. The van der Waals surface area contributed by atoms with Gasteiger partial charge in [0.25, 0.3) is 0 Å². The zero-order chi connectivity index (χ0) is 12.6. The van der Waals surface area contributed by atoms with Crippen molar-refractivity contribution in [2.24, 2.45) is 11.8 Å². The van der Waals surface area contributed by atoms with Crippen LogP contribution in [0.15, 0.2) is 12.1 Å². The lowest BCUT2D eigenvalue weighted by molar-refractivity contribution is 0.352. The Hall–Kier alpha value is -1.32. The molecule has 1 aromatic carbocycles. The normalized spacial score (nSPS) is 25.1. The smallest absolute Gasteiger partial charge is 0.151 e. The van der Waals surface area contributed by atoms with E-state index in [1.807, 2.05) is 0 Å². The van der Waals surface area contributed by atoms with E-state index in [0.717, 1.165) is 6.42 Å². The molecule has 2 N–H and O–H groups in total. The first kappa shape index (κ1) is 12.1. The van der Waals surface area contributed by atoms with Gasteiger partial charge in [-0.05, 0) is 30.4 Å². The minimum Gasteiger partial charge on any atom is -0.399 e. The summed E-state index contributed by atoms with van der Waals surface area (Å²) in [4.78, 5) is 1.79. The van der Waals surface area contributed by atoms with Gasteiger partial charge in [0.2, 0.25) is 0 Å². The largest absolute Gasteiger partial charge is 0.399 e. The molecule has 2 nitrogen and oxygen atoms in total. The van der Waals surface area contributed by atoms with Crippen molar-refractivity contribution in [3.63, 3.8) is 0 Å². The van der Waals surface area contributed by atoms with Crippen LogP contribution in [0.1, 0.15) is 20.3 Å². The maximum absolute atomic E-state index is 13.8. The fourth-order valence-corrected chi connectivity index (χ4v) is 2.73. The van der Waals surface area contributed by atoms with Crippen molar-refractivity contribution in [3.05, 3.63) is 23.8 Å². The molecule has 2 atom stereocenters. The number of piperidine rings is 1. The lowest BCUT2D eigenvalue weighted by atomic mass is 9.91. The molecule has 0 radical (unpaired) electrons. The van der Waals surface area contributed by atoms with Crippen molar-refractivity contribution in [2.45, 2.75) is 20.3 Å². The Balaban J connectivity index is 2.33. The summed E-state index contributed by atoms with van der Waals surface area (Å²) in [5, 5.41) is 0. The topological polar surface area (TPSA) is 29.3 Å². The Morgan fingerprint density at radius 2 is 1.59 bits per heavy atom. The second-order valence-corrected chi connectivity index (χ2v) is 5.18. The summed E-state index contributed by atoms with van der Waals surface area (Å²) in [7, 11) is 0. The Kier molecular flexibility index (Phi) is 3.22. The summed E-state index contributed by atoms with van der Waals surface area (Å²) >= 11 is 0. The van der Waals surface area contributed by atoms with E-state index in [0.29, 0.717) is 24.9 Å². The minimum absolute atomic E-state index is 0.0672. The summed E-state index contributed by atoms with van der Waals surface area (Å²) in [6.45, 7) is 5.61. The first-order valence-electron chi connectivity index (χ1n) is 5.97. The highest BCUT2D eigenvalue weighted by Crippen LogP contribution is 2.31. The fraction of sp³-hybridized carbons (Fsp3) is 0.538. The number of benzene rings is 1. The van der Waals surface area contributed by atoms with E-state index in [-0.39, 0.29) is 11.4 Å². The van der Waals surface area contributed by atoms with Crippen molar-refractivity contribution in [2.75, 3.05) is 23.7 Å². The number of nitrogens with zero attached hydrogens (tertiary/aromatic N) is 1. The van der Waals surface area contributed by atoms with E-state index in [1.54, 1.807) is 4.90 Å². The van der Waals surface area contributed by atoms with E-state index < -0.39 is 11.6 Å². The zero-order valence-corrected chi connectivity index (χ0v) is 10.2. The predicted molar refractivity (Wildman–Crippen MR) is 65.9 cm³/mol. The van der Waals surface area contributed by atoms with Gasteiger partial charge in [-0.15, -0.1) is 0 Å². The van der Waals surface area contributed by atoms with Crippen LogP contribution in [0.2, 0.25) is 0 Å². The molecule has 0 spiro atoms.